The number of esters is 1. The lowest BCUT2D eigenvalue weighted by atomic mass is 10.3. The van der Waals surface area contributed by atoms with Gasteiger partial charge in [-0.1, -0.05) is 0 Å². The number of hydrogen-bond donors (Lipinski definition) is 0. The van der Waals surface area contributed by atoms with Gasteiger partial charge < -0.3 is 4.74 Å². The molecule has 78 valence electrons. The van der Waals surface area contributed by atoms with Gasteiger partial charge in [0.2, 0.25) is 0 Å². The second kappa shape index (κ2) is 4.69. The van der Waals surface area contributed by atoms with E-state index in [2.05, 4.69) is 9.84 Å². The lowest BCUT2D eigenvalue weighted by Crippen LogP contribution is -2.14. The molecule has 0 fully saturated rings. The van der Waals surface area contributed by atoms with Crippen molar-refractivity contribution in [3.63, 3.8) is 0 Å². The van der Waals surface area contributed by atoms with Crippen LogP contribution >= 0.6 is 0 Å². The van der Waals surface area contributed by atoms with E-state index >= 15 is 0 Å². The van der Waals surface area contributed by atoms with E-state index < -0.39 is 18.9 Å². The van der Waals surface area contributed by atoms with Gasteiger partial charge in [-0.2, -0.15) is 5.10 Å². The summed E-state index contributed by atoms with van der Waals surface area (Å²) in [5.41, 5.74) is 0.428. The zero-order valence-corrected chi connectivity index (χ0v) is 7.61. The van der Waals surface area contributed by atoms with Crippen LogP contribution in [0, 0.1) is 0 Å². The van der Waals surface area contributed by atoms with Gasteiger partial charge in [0.15, 0.2) is 0 Å². The molecule has 1 rings (SSSR count). The van der Waals surface area contributed by atoms with Crippen molar-refractivity contribution in [2.24, 2.45) is 0 Å². The maximum Gasteiger partial charge on any atom is 0.311 e. The number of halogens is 2. The van der Waals surface area contributed by atoms with Gasteiger partial charge >= 0.3 is 5.97 Å². The molecule has 0 radical (unpaired) electrons. The van der Waals surface area contributed by atoms with Gasteiger partial charge in [-0.3, -0.25) is 9.48 Å². The first kappa shape index (κ1) is 10.6. The van der Waals surface area contributed by atoms with Crippen LogP contribution < -0.4 is 0 Å². The molecule has 0 spiro atoms. The summed E-state index contributed by atoms with van der Waals surface area (Å²) in [5.74, 6) is -0.471. The van der Waals surface area contributed by atoms with Crippen LogP contribution in [0.1, 0.15) is 5.69 Å². The zero-order valence-electron chi connectivity index (χ0n) is 7.61. The summed E-state index contributed by atoms with van der Waals surface area (Å²) < 4.78 is 29.6. The van der Waals surface area contributed by atoms with Crippen molar-refractivity contribution in [3.05, 3.63) is 18.0 Å². The van der Waals surface area contributed by atoms with E-state index in [1.54, 1.807) is 0 Å². The molecule has 0 aromatic carbocycles. The van der Waals surface area contributed by atoms with E-state index in [-0.39, 0.29) is 6.42 Å². The molecule has 0 aliphatic heterocycles. The molecule has 0 saturated carbocycles. The highest BCUT2D eigenvalue weighted by Crippen LogP contribution is 2.04. The molecular weight excluding hydrogens is 194 g/mol. The predicted molar refractivity (Wildman–Crippen MR) is 44.0 cm³/mol. The van der Waals surface area contributed by atoms with Gasteiger partial charge in [-0.15, -0.1) is 0 Å². The minimum atomic E-state index is -2.48. The zero-order chi connectivity index (χ0) is 10.6. The average molecular weight is 204 g/mol. The third-order valence-electron chi connectivity index (χ3n) is 1.67. The lowest BCUT2D eigenvalue weighted by Gasteiger charge is -2.05. The Morgan fingerprint density at radius 2 is 2.43 bits per heavy atom. The van der Waals surface area contributed by atoms with Crippen molar-refractivity contribution in [3.8, 4) is 0 Å². The molecule has 1 heterocycles. The fraction of sp³-hybridized carbons (Fsp3) is 0.500. The van der Waals surface area contributed by atoms with E-state index in [1.807, 2.05) is 0 Å². The number of aromatic nitrogens is 2. The minimum Gasteiger partial charge on any atom is -0.469 e. The number of ether oxygens (including phenoxy) is 1. The Bertz CT molecular complexity index is 312. The Kier molecular flexibility index (Phi) is 3.55. The Labute approximate surface area is 79.5 Å². The third kappa shape index (κ3) is 2.79. The van der Waals surface area contributed by atoms with E-state index in [0.29, 0.717) is 5.69 Å². The van der Waals surface area contributed by atoms with Gasteiger partial charge in [0, 0.05) is 11.9 Å². The topological polar surface area (TPSA) is 44.1 Å². The number of rotatable bonds is 4. The van der Waals surface area contributed by atoms with Crippen LogP contribution in [0.5, 0.6) is 0 Å². The Hall–Kier alpha value is -1.46. The van der Waals surface area contributed by atoms with E-state index in [4.69, 9.17) is 0 Å². The highest BCUT2D eigenvalue weighted by Gasteiger charge is 2.11. The number of methoxy groups -OCH3 is 1. The van der Waals surface area contributed by atoms with Gasteiger partial charge in [-0.05, 0) is 6.07 Å². The smallest absolute Gasteiger partial charge is 0.311 e. The average Bonchev–Trinajstić information content (AvgIpc) is 2.52. The molecular formula is C8H10F2N2O2. The number of nitrogens with zero attached hydrogens (tertiary/aromatic N) is 2. The summed E-state index contributed by atoms with van der Waals surface area (Å²) in [6, 6.07) is 1.51. The van der Waals surface area contributed by atoms with Crippen LogP contribution in [0.15, 0.2) is 12.3 Å². The molecule has 0 aliphatic carbocycles. The van der Waals surface area contributed by atoms with Crippen LogP contribution in [0.4, 0.5) is 8.78 Å². The number of hydrogen-bond acceptors (Lipinski definition) is 3. The first-order chi connectivity index (χ1) is 6.63. The van der Waals surface area contributed by atoms with Crippen LogP contribution in [0.3, 0.4) is 0 Å². The molecule has 1 aromatic heterocycles. The fourth-order valence-corrected chi connectivity index (χ4v) is 1.03. The van der Waals surface area contributed by atoms with Crippen LogP contribution in [0.2, 0.25) is 0 Å². The molecule has 0 amide bonds. The quantitative estimate of drug-likeness (QED) is 0.683. The SMILES string of the molecule is COC(=O)Cc1ccnn1CC(F)F. The van der Waals surface area contributed by atoms with Crippen molar-refractivity contribution in [2.75, 3.05) is 7.11 Å². The van der Waals surface area contributed by atoms with Crippen molar-refractivity contribution in [1.29, 1.82) is 0 Å². The van der Waals surface area contributed by atoms with Gasteiger partial charge in [0.05, 0.1) is 13.5 Å². The van der Waals surface area contributed by atoms with Crippen molar-refractivity contribution in [1.82, 2.24) is 9.78 Å². The van der Waals surface area contributed by atoms with Gasteiger partial charge in [0.25, 0.3) is 6.43 Å². The van der Waals surface area contributed by atoms with E-state index in [1.165, 1.54) is 19.4 Å². The predicted octanol–water partition coefficient (Wildman–Crippen LogP) is 0.864. The maximum atomic E-state index is 12.0. The standard InChI is InChI=1S/C8H10F2N2O2/c1-14-8(13)4-6-2-3-11-12(6)5-7(9)10/h2-3,7H,4-5H2,1H3. The summed E-state index contributed by atoms with van der Waals surface area (Å²) in [4.78, 5) is 10.9. The monoisotopic (exact) mass is 204 g/mol. The fourth-order valence-electron chi connectivity index (χ4n) is 1.03. The molecule has 1 aromatic rings. The molecule has 0 N–H and O–H groups in total. The minimum absolute atomic E-state index is 0.0385. The Morgan fingerprint density at radius 1 is 1.71 bits per heavy atom. The second-order valence-electron chi connectivity index (χ2n) is 2.65. The summed E-state index contributed by atoms with van der Waals surface area (Å²) >= 11 is 0. The van der Waals surface area contributed by atoms with Crippen LogP contribution in [0.25, 0.3) is 0 Å². The highest BCUT2D eigenvalue weighted by atomic mass is 19.3. The Morgan fingerprint density at radius 3 is 3.00 bits per heavy atom. The summed E-state index contributed by atoms with van der Waals surface area (Å²) in [7, 11) is 1.25. The number of carbonyl (C=O) groups excluding carboxylic acids is 1. The molecule has 0 saturated heterocycles. The first-order valence-electron chi connectivity index (χ1n) is 3.99. The summed E-state index contributed by atoms with van der Waals surface area (Å²) in [6.45, 7) is -0.501. The van der Waals surface area contributed by atoms with Gasteiger partial charge in [-0.25, -0.2) is 8.78 Å². The summed E-state index contributed by atoms with van der Waals surface area (Å²) in [5, 5.41) is 3.67. The van der Waals surface area contributed by atoms with Gasteiger partial charge in [0.1, 0.15) is 6.54 Å². The number of alkyl halides is 2. The molecule has 14 heavy (non-hydrogen) atoms. The molecule has 0 atom stereocenters. The first-order valence-corrected chi connectivity index (χ1v) is 3.99. The van der Waals surface area contributed by atoms with Crippen LogP contribution in [-0.4, -0.2) is 29.3 Å². The third-order valence-corrected chi connectivity index (χ3v) is 1.67. The van der Waals surface area contributed by atoms with Crippen LogP contribution in [-0.2, 0) is 22.5 Å². The van der Waals surface area contributed by atoms with Crippen molar-refractivity contribution in [2.45, 2.75) is 19.4 Å². The van der Waals surface area contributed by atoms with Crippen molar-refractivity contribution >= 4 is 5.97 Å². The summed E-state index contributed by atoms with van der Waals surface area (Å²) in [6.07, 6.45) is -1.14. The lowest BCUT2D eigenvalue weighted by molar-refractivity contribution is -0.139. The molecule has 6 heteroatoms. The maximum absolute atomic E-state index is 12.0. The molecule has 0 aliphatic rings. The highest BCUT2D eigenvalue weighted by molar-refractivity contribution is 5.71. The molecule has 0 unspecified atom stereocenters. The molecule has 4 nitrogen and oxygen atoms in total. The van der Waals surface area contributed by atoms with E-state index in [9.17, 15) is 13.6 Å². The normalized spacial score (nSPS) is 10.6. The largest absolute Gasteiger partial charge is 0.469 e. The number of carbonyl (C=O) groups is 1. The van der Waals surface area contributed by atoms with E-state index in [0.717, 1.165) is 4.68 Å². The van der Waals surface area contributed by atoms with Crippen molar-refractivity contribution < 1.29 is 18.3 Å². The second-order valence-corrected chi connectivity index (χ2v) is 2.65. The molecule has 0 bridgehead atoms. The Balaban J connectivity index is 2.67.